The largest absolute Gasteiger partial charge is 0.456 e. The first-order valence-corrected chi connectivity index (χ1v) is 17.8. The van der Waals surface area contributed by atoms with Crippen LogP contribution in [-0.2, 0) is 0 Å². The summed E-state index contributed by atoms with van der Waals surface area (Å²) in [7, 11) is 0. The number of fused-ring (bicyclic) bond motifs is 9. The molecule has 7 aromatic carbocycles. The van der Waals surface area contributed by atoms with Crippen molar-refractivity contribution in [3.63, 3.8) is 0 Å². The second-order valence-electron chi connectivity index (χ2n) is 12.9. The van der Waals surface area contributed by atoms with Crippen LogP contribution in [0.1, 0.15) is 0 Å². The number of hydrogen-bond acceptors (Lipinski definition) is 5. The molecule has 11 rings (SSSR count). The first-order valence-electron chi connectivity index (χ1n) is 17.0. The Kier molecular flexibility index (Phi) is 6.09. The normalized spacial score (nSPS) is 11.9. The van der Waals surface area contributed by atoms with E-state index >= 15 is 0 Å². The van der Waals surface area contributed by atoms with Crippen LogP contribution in [0.15, 0.2) is 167 Å². The van der Waals surface area contributed by atoms with E-state index in [-0.39, 0.29) is 0 Å². The van der Waals surface area contributed by atoms with Crippen LogP contribution in [0.5, 0.6) is 0 Å². The topological polar surface area (TPSA) is 52.1 Å². The van der Waals surface area contributed by atoms with Crippen LogP contribution >= 0.6 is 11.3 Å². The van der Waals surface area contributed by atoms with Crippen molar-refractivity contribution in [3.05, 3.63) is 158 Å². The van der Waals surface area contributed by atoms with E-state index in [4.69, 9.17) is 18.8 Å². The molecule has 4 aromatic heterocycles. The Morgan fingerprint density at radius 2 is 1.20 bits per heavy atom. The molecule has 0 aliphatic rings. The number of benzene rings is 7. The fraction of sp³-hybridized carbons (Fsp3) is 0. The summed E-state index contributed by atoms with van der Waals surface area (Å²) in [6.45, 7) is 0. The van der Waals surface area contributed by atoms with Gasteiger partial charge in [0.05, 0.1) is 0 Å². The van der Waals surface area contributed by atoms with Gasteiger partial charge in [0, 0.05) is 41.9 Å². The van der Waals surface area contributed by atoms with Gasteiger partial charge in [-0.25, -0.2) is 9.97 Å². The molecule has 5 heteroatoms. The minimum absolute atomic E-state index is 0.683. The van der Waals surface area contributed by atoms with E-state index in [1.54, 1.807) is 6.33 Å². The van der Waals surface area contributed by atoms with Gasteiger partial charge in [0.2, 0.25) is 0 Å². The molecule has 0 unspecified atom stereocenters. The molecule has 0 saturated heterocycles. The van der Waals surface area contributed by atoms with E-state index in [2.05, 4.69) is 133 Å². The van der Waals surface area contributed by atoms with Gasteiger partial charge in [-0.05, 0) is 75.8 Å². The SMILES string of the molecule is c1ccc(-c2ccc3c(c2)oc2cccc(-c4ccc5oc6c(-c7cccc(-c8cccc9c8sc8ccccc89)c7)ncnc6c5c4)c23)cc1. The predicted molar refractivity (Wildman–Crippen MR) is 211 cm³/mol. The highest BCUT2D eigenvalue weighted by Crippen LogP contribution is 2.43. The second-order valence-corrected chi connectivity index (χ2v) is 14.0. The third kappa shape index (κ3) is 4.38. The average Bonchev–Trinajstić information content (AvgIpc) is 3.89. The number of hydrogen-bond donors (Lipinski definition) is 0. The maximum Gasteiger partial charge on any atom is 0.180 e. The molecule has 4 nitrogen and oxygen atoms in total. The van der Waals surface area contributed by atoms with Crippen LogP contribution in [0.25, 0.3) is 109 Å². The molecule has 0 aliphatic carbocycles. The van der Waals surface area contributed by atoms with Gasteiger partial charge in [0.1, 0.15) is 34.3 Å². The van der Waals surface area contributed by atoms with Gasteiger partial charge in [-0.3, -0.25) is 0 Å². The van der Waals surface area contributed by atoms with E-state index in [0.29, 0.717) is 5.58 Å². The van der Waals surface area contributed by atoms with Gasteiger partial charge in [-0.1, -0.05) is 109 Å². The first kappa shape index (κ1) is 28.3. The summed E-state index contributed by atoms with van der Waals surface area (Å²) in [6, 6.07) is 53.3. The number of furan rings is 2. The smallest absolute Gasteiger partial charge is 0.180 e. The minimum Gasteiger partial charge on any atom is -0.456 e. The lowest BCUT2D eigenvalue weighted by Gasteiger charge is -2.07. The monoisotopic (exact) mass is 670 g/mol. The van der Waals surface area contributed by atoms with Crippen molar-refractivity contribution in [3.8, 4) is 44.6 Å². The lowest BCUT2D eigenvalue weighted by Crippen LogP contribution is -1.88. The molecule has 0 aliphatic heterocycles. The molecule has 0 bridgehead atoms. The van der Waals surface area contributed by atoms with Crippen molar-refractivity contribution in [2.75, 3.05) is 0 Å². The molecule has 0 atom stereocenters. The fourth-order valence-electron chi connectivity index (χ4n) is 7.63. The molecule has 0 radical (unpaired) electrons. The van der Waals surface area contributed by atoms with E-state index < -0.39 is 0 Å². The lowest BCUT2D eigenvalue weighted by atomic mass is 9.97. The van der Waals surface area contributed by atoms with Gasteiger partial charge >= 0.3 is 0 Å². The van der Waals surface area contributed by atoms with Crippen LogP contribution < -0.4 is 0 Å². The van der Waals surface area contributed by atoms with Crippen molar-refractivity contribution < 1.29 is 8.83 Å². The van der Waals surface area contributed by atoms with Crippen LogP contribution in [-0.4, -0.2) is 9.97 Å². The maximum absolute atomic E-state index is 6.54. The third-order valence-electron chi connectivity index (χ3n) is 10.0. The van der Waals surface area contributed by atoms with Crippen LogP contribution in [0.3, 0.4) is 0 Å². The average molecular weight is 671 g/mol. The van der Waals surface area contributed by atoms with Crippen LogP contribution in [0, 0.1) is 0 Å². The minimum atomic E-state index is 0.683. The van der Waals surface area contributed by atoms with E-state index in [1.807, 2.05) is 29.5 Å². The zero-order valence-electron chi connectivity index (χ0n) is 27.1. The predicted octanol–water partition coefficient (Wildman–Crippen LogP) is 13.3. The van der Waals surface area contributed by atoms with Crippen molar-refractivity contribution in [2.24, 2.45) is 0 Å². The maximum atomic E-state index is 6.54. The van der Waals surface area contributed by atoms with E-state index in [0.717, 1.165) is 71.9 Å². The molecule has 51 heavy (non-hydrogen) atoms. The van der Waals surface area contributed by atoms with Crippen molar-refractivity contribution >= 4 is 75.5 Å². The zero-order chi connectivity index (χ0) is 33.5. The molecular weight excluding hydrogens is 645 g/mol. The molecule has 11 aromatic rings. The summed E-state index contributed by atoms with van der Waals surface area (Å²) in [5, 5.41) is 5.72. The Morgan fingerprint density at radius 1 is 0.431 bits per heavy atom. The summed E-state index contributed by atoms with van der Waals surface area (Å²) in [5.41, 5.74) is 12.6. The molecular formula is C46H26N2O2S. The molecule has 0 N–H and O–H groups in total. The summed E-state index contributed by atoms with van der Waals surface area (Å²) in [4.78, 5) is 9.52. The highest BCUT2D eigenvalue weighted by atomic mass is 32.1. The van der Waals surface area contributed by atoms with Crippen LogP contribution in [0.2, 0.25) is 0 Å². The molecule has 0 spiro atoms. The van der Waals surface area contributed by atoms with Crippen molar-refractivity contribution in [2.45, 2.75) is 0 Å². The van der Waals surface area contributed by atoms with Gasteiger partial charge in [0.15, 0.2) is 5.58 Å². The third-order valence-corrected chi connectivity index (χ3v) is 11.2. The Balaban J connectivity index is 1.03. The van der Waals surface area contributed by atoms with Crippen LogP contribution in [0.4, 0.5) is 0 Å². The van der Waals surface area contributed by atoms with Gasteiger partial charge in [-0.2, -0.15) is 0 Å². The Labute approximate surface area is 295 Å². The van der Waals surface area contributed by atoms with E-state index in [1.165, 1.54) is 31.3 Å². The quantitative estimate of drug-likeness (QED) is 0.187. The number of aromatic nitrogens is 2. The van der Waals surface area contributed by atoms with Crippen molar-refractivity contribution in [1.82, 2.24) is 9.97 Å². The summed E-state index contributed by atoms with van der Waals surface area (Å²) in [6.07, 6.45) is 1.65. The number of nitrogens with zero attached hydrogens (tertiary/aromatic N) is 2. The molecule has 0 amide bonds. The summed E-state index contributed by atoms with van der Waals surface area (Å²) in [5.74, 6) is 0. The number of thiophene rings is 1. The first-order chi connectivity index (χ1) is 25.3. The summed E-state index contributed by atoms with van der Waals surface area (Å²) >= 11 is 1.84. The highest BCUT2D eigenvalue weighted by molar-refractivity contribution is 7.26. The van der Waals surface area contributed by atoms with Gasteiger partial charge < -0.3 is 8.83 Å². The molecule has 238 valence electrons. The Bertz CT molecular complexity index is 3150. The second kappa shape index (κ2) is 11.0. The Morgan fingerprint density at radius 3 is 2.16 bits per heavy atom. The van der Waals surface area contributed by atoms with Gasteiger partial charge in [-0.15, -0.1) is 11.3 Å². The fourth-order valence-corrected chi connectivity index (χ4v) is 8.87. The standard InChI is InChI=1S/C46H26N2O2S/c1-2-9-27(10-3-1)28-19-21-36-40(25-28)49-39-17-8-14-32(42(36)39)30-20-22-38-37(24-30)44-45(50-38)43(47-26-48-44)31-12-6-11-29(23-31)33-15-7-16-35-34-13-4-5-18-41(34)51-46(33)35/h1-26H. The molecule has 0 saturated carbocycles. The molecule has 4 heterocycles. The van der Waals surface area contributed by atoms with Gasteiger partial charge in [0.25, 0.3) is 0 Å². The molecule has 0 fully saturated rings. The Hall–Kier alpha value is -6.56. The zero-order valence-corrected chi connectivity index (χ0v) is 27.9. The van der Waals surface area contributed by atoms with E-state index in [9.17, 15) is 0 Å². The van der Waals surface area contributed by atoms with Crippen molar-refractivity contribution in [1.29, 1.82) is 0 Å². The lowest BCUT2D eigenvalue weighted by molar-refractivity contribution is 0.667. The highest BCUT2D eigenvalue weighted by Gasteiger charge is 2.19. The number of rotatable bonds is 4. The summed E-state index contributed by atoms with van der Waals surface area (Å²) < 4.78 is 15.6.